The Labute approximate surface area is 78.3 Å². The molecule has 0 amide bonds. The van der Waals surface area contributed by atoms with Crippen LogP contribution in [0, 0.1) is 0 Å². The summed E-state index contributed by atoms with van der Waals surface area (Å²) in [7, 11) is 0. The third-order valence-electron chi connectivity index (χ3n) is 1.02. The Bertz CT molecular complexity index is 57.9. The van der Waals surface area contributed by atoms with Gasteiger partial charge in [0.25, 0.3) is 0 Å². The lowest BCUT2D eigenvalue weighted by Gasteiger charge is -2.06. The minimum atomic E-state index is 0.481. The van der Waals surface area contributed by atoms with Crippen LogP contribution in [0.1, 0.15) is 13.8 Å². The van der Waals surface area contributed by atoms with E-state index in [9.17, 15) is 0 Å². The first-order chi connectivity index (χ1) is 4.81. The average molecular weight is 195 g/mol. The van der Waals surface area contributed by atoms with Crippen LogP contribution in [0.25, 0.3) is 0 Å². The normalized spacial score (nSPS) is 10.8. The molecule has 61 valence electrons. The van der Waals surface area contributed by atoms with Crippen molar-refractivity contribution in [3.05, 3.63) is 0 Å². The molecule has 1 radical (unpaired) electrons. The quantitative estimate of drug-likeness (QED) is 0.639. The third kappa shape index (κ3) is 7.16. The molecule has 0 heterocycles. The monoisotopic (exact) mass is 195 g/mol. The van der Waals surface area contributed by atoms with Crippen LogP contribution < -0.4 is 0 Å². The number of thioether (sulfide) groups is 2. The van der Waals surface area contributed by atoms with Crippen molar-refractivity contribution in [2.45, 2.75) is 19.1 Å². The second-order valence-corrected chi connectivity index (χ2v) is 5.25. The Kier molecular flexibility index (Phi) is 9.01. The van der Waals surface area contributed by atoms with Crippen molar-refractivity contribution < 1.29 is 0 Å². The maximum absolute atomic E-state index is 5.23. The smallest absolute Gasteiger partial charge is 0.0332 e. The van der Waals surface area contributed by atoms with Crippen molar-refractivity contribution in [1.29, 1.82) is 0 Å². The van der Waals surface area contributed by atoms with Crippen molar-refractivity contribution in [3.8, 4) is 0 Å². The maximum atomic E-state index is 5.23. The van der Waals surface area contributed by atoms with E-state index in [0.29, 0.717) is 5.25 Å². The van der Waals surface area contributed by atoms with Crippen LogP contribution in [0.3, 0.4) is 0 Å². The molecule has 0 fully saturated rings. The highest BCUT2D eigenvalue weighted by molar-refractivity contribution is 8.01. The lowest BCUT2D eigenvalue weighted by Crippen LogP contribution is -2.06. The fourth-order valence-corrected chi connectivity index (χ4v) is 2.51. The van der Waals surface area contributed by atoms with E-state index in [1.165, 1.54) is 11.5 Å². The van der Waals surface area contributed by atoms with Crippen molar-refractivity contribution in [2.24, 2.45) is 0 Å². The first-order valence-corrected chi connectivity index (χ1v) is 6.40. The van der Waals surface area contributed by atoms with Crippen molar-refractivity contribution in [1.82, 2.24) is 0 Å². The second kappa shape index (κ2) is 8.15. The molecule has 0 aliphatic carbocycles. The van der Waals surface area contributed by atoms with E-state index in [2.05, 4.69) is 13.8 Å². The summed E-state index contributed by atoms with van der Waals surface area (Å²) in [6.45, 7) is 4.36. The summed E-state index contributed by atoms with van der Waals surface area (Å²) in [5, 5.41) is 0.481. The zero-order valence-electron chi connectivity index (χ0n) is 6.63. The molecule has 0 saturated heterocycles. The van der Waals surface area contributed by atoms with Gasteiger partial charge in [-0.2, -0.15) is 23.5 Å². The minimum Gasteiger partial charge on any atom is -0.161 e. The van der Waals surface area contributed by atoms with Crippen LogP contribution in [-0.4, -0.2) is 28.3 Å². The van der Waals surface area contributed by atoms with Crippen molar-refractivity contribution in [2.75, 3.05) is 23.0 Å². The van der Waals surface area contributed by atoms with Gasteiger partial charge >= 0.3 is 0 Å². The molecule has 0 aromatic heterocycles. The summed E-state index contributed by atoms with van der Waals surface area (Å²) < 4.78 is 0. The Hall–Kier alpha value is 1.05. The predicted octanol–water partition coefficient (Wildman–Crippen LogP) is 3.06. The van der Waals surface area contributed by atoms with Crippen molar-refractivity contribution >= 4 is 36.2 Å². The minimum absolute atomic E-state index is 0.481. The van der Waals surface area contributed by atoms with E-state index >= 15 is 0 Å². The van der Waals surface area contributed by atoms with Crippen LogP contribution in [-0.2, 0) is 0 Å². The fraction of sp³-hybridized carbons (Fsp3) is 1.00. The van der Waals surface area contributed by atoms with E-state index in [4.69, 9.17) is 12.6 Å². The summed E-state index contributed by atoms with van der Waals surface area (Å²) in [6, 6.07) is 0. The van der Waals surface area contributed by atoms with Gasteiger partial charge in [0.05, 0.1) is 0 Å². The standard InChI is InChI=1S/C7H15S3/c1-3-9-5-7(8)6-10-4-2/h7H,3-6H2,1-2H3. The molecule has 0 bridgehead atoms. The predicted molar refractivity (Wildman–Crippen MR) is 57.4 cm³/mol. The number of hydrogen-bond donors (Lipinski definition) is 0. The summed E-state index contributed by atoms with van der Waals surface area (Å²) >= 11 is 9.12. The molecule has 0 nitrogen and oxygen atoms in total. The molecule has 0 aromatic carbocycles. The van der Waals surface area contributed by atoms with Crippen LogP contribution in [0.4, 0.5) is 0 Å². The average Bonchev–Trinajstić information content (AvgIpc) is 1.97. The van der Waals surface area contributed by atoms with E-state index in [0.717, 1.165) is 11.5 Å². The zero-order chi connectivity index (χ0) is 7.82. The molecule has 3 heteroatoms. The van der Waals surface area contributed by atoms with E-state index < -0.39 is 0 Å². The summed E-state index contributed by atoms with van der Waals surface area (Å²) in [4.78, 5) is 0. The van der Waals surface area contributed by atoms with E-state index in [1.54, 1.807) is 0 Å². The van der Waals surface area contributed by atoms with Crippen LogP contribution in [0.5, 0.6) is 0 Å². The molecule has 0 spiro atoms. The highest BCUT2D eigenvalue weighted by atomic mass is 32.2. The Morgan fingerprint density at radius 1 is 1.10 bits per heavy atom. The zero-order valence-corrected chi connectivity index (χ0v) is 9.08. The van der Waals surface area contributed by atoms with Crippen molar-refractivity contribution in [3.63, 3.8) is 0 Å². The third-order valence-corrected chi connectivity index (χ3v) is 3.86. The van der Waals surface area contributed by atoms with Crippen LogP contribution in [0.2, 0.25) is 0 Å². The van der Waals surface area contributed by atoms with Gasteiger partial charge in [-0.1, -0.05) is 26.5 Å². The first kappa shape index (κ1) is 11.1. The number of rotatable bonds is 6. The molecule has 0 N–H and O–H groups in total. The Balaban J connectivity index is 3.00. The fourth-order valence-electron chi connectivity index (χ4n) is 0.547. The molecule has 0 aliphatic heterocycles. The SMILES string of the molecule is CCSCC([S])CSCC. The van der Waals surface area contributed by atoms with Gasteiger partial charge in [-0.25, -0.2) is 0 Å². The molecular formula is C7H15S3. The lowest BCUT2D eigenvalue weighted by atomic mass is 10.5. The second-order valence-electron chi connectivity index (χ2n) is 1.94. The molecule has 0 atom stereocenters. The van der Waals surface area contributed by atoms with Gasteiger partial charge in [0.15, 0.2) is 0 Å². The van der Waals surface area contributed by atoms with Gasteiger partial charge in [-0.05, 0) is 11.5 Å². The number of hydrogen-bond acceptors (Lipinski definition) is 2. The summed E-state index contributed by atoms with van der Waals surface area (Å²) in [5.74, 6) is 4.70. The molecule has 0 aromatic rings. The topological polar surface area (TPSA) is 0 Å². The molecule has 10 heavy (non-hydrogen) atoms. The largest absolute Gasteiger partial charge is 0.161 e. The highest BCUT2D eigenvalue weighted by Gasteiger charge is 2.01. The van der Waals surface area contributed by atoms with E-state index in [1.807, 2.05) is 23.5 Å². The molecule has 0 rings (SSSR count). The van der Waals surface area contributed by atoms with Crippen LogP contribution >= 0.6 is 36.2 Å². The maximum Gasteiger partial charge on any atom is 0.0332 e. The van der Waals surface area contributed by atoms with Gasteiger partial charge in [-0.3, -0.25) is 0 Å². The van der Waals surface area contributed by atoms with Gasteiger partial charge in [0, 0.05) is 16.8 Å². The summed E-state index contributed by atoms with van der Waals surface area (Å²) in [5.41, 5.74) is 0. The summed E-state index contributed by atoms with van der Waals surface area (Å²) in [6.07, 6.45) is 0. The van der Waals surface area contributed by atoms with Crippen LogP contribution in [0.15, 0.2) is 0 Å². The van der Waals surface area contributed by atoms with Gasteiger partial charge in [0.2, 0.25) is 0 Å². The van der Waals surface area contributed by atoms with Gasteiger partial charge in [0.1, 0.15) is 0 Å². The Morgan fingerprint density at radius 3 is 1.80 bits per heavy atom. The molecule has 0 saturated carbocycles. The molecule has 0 unspecified atom stereocenters. The Morgan fingerprint density at radius 2 is 1.50 bits per heavy atom. The first-order valence-electron chi connectivity index (χ1n) is 3.62. The van der Waals surface area contributed by atoms with E-state index in [-0.39, 0.29) is 0 Å². The lowest BCUT2D eigenvalue weighted by molar-refractivity contribution is 1.16. The molecular weight excluding hydrogens is 180 g/mol. The van der Waals surface area contributed by atoms with Gasteiger partial charge in [-0.15, -0.1) is 0 Å². The highest BCUT2D eigenvalue weighted by Crippen LogP contribution is 2.12. The van der Waals surface area contributed by atoms with Gasteiger partial charge < -0.3 is 0 Å². The molecule has 0 aliphatic rings.